The van der Waals surface area contributed by atoms with Crippen molar-refractivity contribution in [2.45, 2.75) is 11.8 Å². The summed E-state index contributed by atoms with van der Waals surface area (Å²) in [4.78, 5) is 0. The van der Waals surface area contributed by atoms with E-state index < -0.39 is 0 Å². The monoisotopic (exact) mass is 268 g/mol. The first kappa shape index (κ1) is 10.9. The Morgan fingerprint density at radius 3 is 2.94 bits per heavy atom. The van der Waals surface area contributed by atoms with Gasteiger partial charge in [-0.3, -0.25) is 0 Å². The molecule has 2 unspecified atom stereocenters. The second-order valence-electron chi connectivity index (χ2n) is 4.27. The molecule has 2 heterocycles. The van der Waals surface area contributed by atoms with E-state index in [1.807, 2.05) is 23.1 Å². The number of alkyl halides is 1. The topological polar surface area (TPSA) is 0 Å². The standard InChI is InChI=1S/C13H13ClS2/c14-12-8-15-6-10(12)5-9-7-16-13-4-2-1-3-11(9)13/h1-4,7,10,12H,5-6,8H2. The fourth-order valence-electron chi connectivity index (χ4n) is 2.23. The minimum atomic E-state index is 0.365. The van der Waals surface area contributed by atoms with Gasteiger partial charge in [-0.05, 0) is 40.5 Å². The van der Waals surface area contributed by atoms with Crippen molar-refractivity contribution >= 4 is 44.8 Å². The molecule has 1 aliphatic rings. The Bertz CT molecular complexity index is 491. The van der Waals surface area contributed by atoms with Crippen LogP contribution in [0.15, 0.2) is 29.6 Å². The fraction of sp³-hybridized carbons (Fsp3) is 0.385. The van der Waals surface area contributed by atoms with Gasteiger partial charge in [-0.25, -0.2) is 0 Å². The molecule has 3 rings (SSSR count). The third-order valence-electron chi connectivity index (χ3n) is 3.16. The van der Waals surface area contributed by atoms with Crippen LogP contribution in [0.25, 0.3) is 10.1 Å². The Morgan fingerprint density at radius 1 is 1.25 bits per heavy atom. The largest absolute Gasteiger partial charge is 0.160 e. The zero-order valence-corrected chi connectivity index (χ0v) is 11.2. The van der Waals surface area contributed by atoms with Crippen LogP contribution in [0.5, 0.6) is 0 Å². The van der Waals surface area contributed by atoms with Gasteiger partial charge in [0.15, 0.2) is 0 Å². The zero-order chi connectivity index (χ0) is 11.0. The highest BCUT2D eigenvalue weighted by atomic mass is 35.5. The predicted molar refractivity (Wildman–Crippen MR) is 76.0 cm³/mol. The summed E-state index contributed by atoms with van der Waals surface area (Å²) in [5, 5.41) is 4.09. The summed E-state index contributed by atoms with van der Waals surface area (Å²) in [5.74, 6) is 3.00. The normalized spacial score (nSPS) is 25.3. The van der Waals surface area contributed by atoms with E-state index in [0.29, 0.717) is 11.3 Å². The number of thiophene rings is 1. The number of hydrogen-bond donors (Lipinski definition) is 0. The first-order valence-electron chi connectivity index (χ1n) is 5.51. The van der Waals surface area contributed by atoms with E-state index in [1.54, 1.807) is 0 Å². The Morgan fingerprint density at radius 2 is 2.12 bits per heavy atom. The number of benzene rings is 1. The maximum absolute atomic E-state index is 6.33. The summed E-state index contributed by atoms with van der Waals surface area (Å²) in [6.45, 7) is 0. The van der Waals surface area contributed by atoms with Gasteiger partial charge in [0.2, 0.25) is 0 Å². The average Bonchev–Trinajstić information content (AvgIpc) is 2.88. The molecule has 0 saturated carbocycles. The van der Waals surface area contributed by atoms with E-state index in [9.17, 15) is 0 Å². The molecule has 0 radical (unpaired) electrons. The lowest BCUT2D eigenvalue weighted by atomic mass is 9.98. The maximum atomic E-state index is 6.33. The van der Waals surface area contributed by atoms with Gasteiger partial charge in [0, 0.05) is 15.8 Å². The zero-order valence-electron chi connectivity index (χ0n) is 8.86. The summed E-state index contributed by atoms with van der Waals surface area (Å²) < 4.78 is 1.40. The van der Waals surface area contributed by atoms with E-state index in [4.69, 9.17) is 11.6 Å². The van der Waals surface area contributed by atoms with Gasteiger partial charge < -0.3 is 0 Å². The van der Waals surface area contributed by atoms with Crippen LogP contribution in [-0.4, -0.2) is 16.9 Å². The van der Waals surface area contributed by atoms with Crippen LogP contribution in [0.3, 0.4) is 0 Å². The van der Waals surface area contributed by atoms with E-state index in [2.05, 4.69) is 29.6 Å². The molecular weight excluding hydrogens is 256 g/mol. The summed E-state index contributed by atoms with van der Waals surface area (Å²) >= 11 is 10.2. The Labute approximate surface area is 109 Å². The van der Waals surface area contributed by atoms with Crippen molar-refractivity contribution in [3.8, 4) is 0 Å². The molecule has 0 bridgehead atoms. The molecule has 1 fully saturated rings. The highest BCUT2D eigenvalue weighted by Crippen LogP contribution is 2.34. The van der Waals surface area contributed by atoms with Crippen molar-refractivity contribution in [2.75, 3.05) is 11.5 Å². The lowest BCUT2D eigenvalue weighted by Gasteiger charge is -2.11. The van der Waals surface area contributed by atoms with Gasteiger partial charge in [0.05, 0.1) is 0 Å². The molecule has 0 aliphatic carbocycles. The van der Waals surface area contributed by atoms with Crippen LogP contribution < -0.4 is 0 Å². The minimum Gasteiger partial charge on any atom is -0.160 e. The van der Waals surface area contributed by atoms with E-state index in [0.717, 1.165) is 12.2 Å². The molecule has 1 aromatic carbocycles. The van der Waals surface area contributed by atoms with Crippen molar-refractivity contribution in [3.63, 3.8) is 0 Å². The SMILES string of the molecule is ClC1CSCC1Cc1csc2ccccc12. The summed E-state index contributed by atoms with van der Waals surface area (Å²) in [6, 6.07) is 8.66. The van der Waals surface area contributed by atoms with Crippen LogP contribution in [0.4, 0.5) is 0 Å². The van der Waals surface area contributed by atoms with E-state index in [-0.39, 0.29) is 0 Å². The Kier molecular flexibility index (Phi) is 3.14. The van der Waals surface area contributed by atoms with E-state index >= 15 is 0 Å². The molecule has 3 heteroatoms. The van der Waals surface area contributed by atoms with Crippen molar-refractivity contribution in [1.82, 2.24) is 0 Å². The van der Waals surface area contributed by atoms with Crippen molar-refractivity contribution in [1.29, 1.82) is 0 Å². The van der Waals surface area contributed by atoms with Gasteiger partial charge >= 0.3 is 0 Å². The molecule has 16 heavy (non-hydrogen) atoms. The second kappa shape index (κ2) is 4.59. The molecule has 2 atom stereocenters. The lowest BCUT2D eigenvalue weighted by molar-refractivity contribution is 0.606. The van der Waals surface area contributed by atoms with Crippen molar-refractivity contribution in [3.05, 3.63) is 35.2 Å². The first-order valence-corrected chi connectivity index (χ1v) is 7.98. The molecule has 1 saturated heterocycles. The average molecular weight is 269 g/mol. The summed E-state index contributed by atoms with van der Waals surface area (Å²) in [7, 11) is 0. The van der Waals surface area contributed by atoms with Crippen LogP contribution in [0, 0.1) is 5.92 Å². The van der Waals surface area contributed by atoms with Gasteiger partial charge in [0.1, 0.15) is 0 Å². The van der Waals surface area contributed by atoms with Crippen LogP contribution >= 0.6 is 34.7 Å². The molecule has 0 nitrogen and oxygen atoms in total. The number of thioether (sulfide) groups is 1. The van der Waals surface area contributed by atoms with Crippen LogP contribution in [-0.2, 0) is 6.42 Å². The van der Waals surface area contributed by atoms with Crippen molar-refractivity contribution in [2.24, 2.45) is 5.92 Å². The molecular formula is C13H13ClS2. The molecule has 0 spiro atoms. The molecule has 1 aromatic heterocycles. The number of fused-ring (bicyclic) bond motifs is 1. The molecule has 1 aliphatic heterocycles. The second-order valence-corrected chi connectivity index (χ2v) is 6.82. The molecule has 84 valence electrons. The lowest BCUT2D eigenvalue weighted by Crippen LogP contribution is -2.14. The van der Waals surface area contributed by atoms with Crippen molar-refractivity contribution < 1.29 is 0 Å². The summed E-state index contributed by atoms with van der Waals surface area (Å²) in [6.07, 6.45) is 1.14. The van der Waals surface area contributed by atoms with Crippen LogP contribution in [0.2, 0.25) is 0 Å². The quantitative estimate of drug-likeness (QED) is 0.727. The summed E-state index contributed by atoms with van der Waals surface area (Å²) in [5.41, 5.74) is 1.48. The molecule has 0 N–H and O–H groups in total. The molecule has 2 aromatic rings. The van der Waals surface area contributed by atoms with Gasteiger partial charge in [-0.2, -0.15) is 11.8 Å². The number of rotatable bonds is 2. The number of hydrogen-bond acceptors (Lipinski definition) is 2. The maximum Gasteiger partial charge on any atom is 0.0465 e. The van der Waals surface area contributed by atoms with Gasteiger partial charge in [-0.15, -0.1) is 22.9 Å². The smallest absolute Gasteiger partial charge is 0.0465 e. The van der Waals surface area contributed by atoms with Gasteiger partial charge in [-0.1, -0.05) is 18.2 Å². The highest BCUT2D eigenvalue weighted by Gasteiger charge is 2.26. The third-order valence-corrected chi connectivity index (χ3v) is 6.13. The third kappa shape index (κ3) is 1.99. The predicted octanol–water partition coefficient (Wildman–Crippen LogP) is 4.41. The molecule has 0 amide bonds. The van der Waals surface area contributed by atoms with Gasteiger partial charge in [0.25, 0.3) is 0 Å². The Hall–Kier alpha value is -0.180. The number of halogens is 1. The minimum absolute atomic E-state index is 0.365. The first-order chi connectivity index (χ1) is 7.84. The van der Waals surface area contributed by atoms with Crippen LogP contribution in [0.1, 0.15) is 5.56 Å². The highest BCUT2D eigenvalue weighted by molar-refractivity contribution is 7.99. The fourth-order valence-corrected chi connectivity index (χ4v) is 5.05. The van der Waals surface area contributed by atoms with E-state index in [1.165, 1.54) is 21.4 Å². The Balaban J connectivity index is 1.89.